The maximum atomic E-state index is 11.9. The van der Waals surface area contributed by atoms with Gasteiger partial charge in [0, 0.05) is 19.4 Å². The standard InChI is InChI=1S/C25H46N10O3/c1-2-35(32)20(36)12-8-3-4-9-14-22(27)23(28,25(31,38-34)18-24(22,29)30)17-16-21(26,37-33)15-13-19-10-6-5-7-11-19/h4-7,9-11,16-17H,2-3,8,12-15,18,26-34H2,1H3/b9-4-,17-16+/t21-,22-,23-,25+/m0/s1. The molecule has 1 aliphatic rings. The summed E-state index contributed by atoms with van der Waals surface area (Å²) in [6.45, 7) is 2.25. The molecule has 1 aromatic carbocycles. The molecule has 0 bridgehead atoms. The number of unbranched alkanes of at least 4 members (excludes halogenated alkanes) is 1. The molecule has 1 aromatic rings. The van der Waals surface area contributed by atoms with E-state index in [4.69, 9.17) is 61.7 Å². The SMILES string of the molecule is CCN(N)C(=O)CCC/C=C\C[C@@]1(N)C(N)(N)C[C@@](N)(ON)[C@]1(N)/C=C/[C@](N)(CCc1ccccc1)ON. The molecule has 0 unspecified atom stereocenters. The molecule has 13 heteroatoms. The monoisotopic (exact) mass is 534 g/mol. The first kappa shape index (κ1) is 31.9. The summed E-state index contributed by atoms with van der Waals surface area (Å²) in [4.78, 5) is 22.1. The minimum absolute atomic E-state index is 0.125. The molecule has 0 radical (unpaired) electrons. The zero-order valence-electron chi connectivity index (χ0n) is 22.2. The van der Waals surface area contributed by atoms with Crippen LogP contribution in [0.15, 0.2) is 54.6 Å². The van der Waals surface area contributed by atoms with Crippen LogP contribution in [0.3, 0.4) is 0 Å². The molecule has 38 heavy (non-hydrogen) atoms. The van der Waals surface area contributed by atoms with Crippen LogP contribution in [-0.2, 0) is 20.9 Å². The van der Waals surface area contributed by atoms with Crippen molar-refractivity contribution in [1.82, 2.24) is 5.01 Å². The zero-order valence-corrected chi connectivity index (χ0v) is 22.2. The lowest BCUT2D eigenvalue weighted by atomic mass is 9.71. The highest BCUT2D eigenvalue weighted by Crippen LogP contribution is 2.48. The Labute approximate surface area is 224 Å². The molecule has 1 saturated carbocycles. The summed E-state index contributed by atoms with van der Waals surface area (Å²) in [6, 6.07) is 9.71. The number of hydrogen-bond donors (Lipinski definition) is 9. The topological polar surface area (TPSA) is 273 Å². The lowest BCUT2D eigenvalue weighted by molar-refractivity contribution is -0.131. The number of nitrogens with two attached hydrogens (primary N) is 9. The summed E-state index contributed by atoms with van der Waals surface area (Å²) in [5, 5.41) is 1.18. The van der Waals surface area contributed by atoms with Crippen LogP contribution in [0.4, 0.5) is 0 Å². The van der Waals surface area contributed by atoms with E-state index in [1.807, 2.05) is 36.4 Å². The number of nitrogens with zero attached hydrogens (tertiary/aromatic N) is 1. The number of rotatable bonds is 14. The van der Waals surface area contributed by atoms with Crippen molar-refractivity contribution >= 4 is 5.91 Å². The van der Waals surface area contributed by atoms with Crippen molar-refractivity contribution in [1.29, 1.82) is 0 Å². The molecule has 214 valence electrons. The van der Waals surface area contributed by atoms with Crippen LogP contribution in [-0.4, -0.2) is 45.7 Å². The highest BCUT2D eigenvalue weighted by Gasteiger charge is 2.72. The van der Waals surface area contributed by atoms with E-state index >= 15 is 0 Å². The van der Waals surface area contributed by atoms with Crippen molar-refractivity contribution in [2.24, 2.45) is 52.0 Å². The van der Waals surface area contributed by atoms with Crippen molar-refractivity contribution in [3.8, 4) is 0 Å². The molecule has 0 aliphatic heterocycles. The highest BCUT2D eigenvalue weighted by molar-refractivity contribution is 5.75. The van der Waals surface area contributed by atoms with Crippen LogP contribution >= 0.6 is 0 Å². The molecule has 1 fully saturated rings. The molecular formula is C25H46N10O3. The van der Waals surface area contributed by atoms with E-state index in [1.54, 1.807) is 13.0 Å². The van der Waals surface area contributed by atoms with Crippen LogP contribution in [0.25, 0.3) is 0 Å². The van der Waals surface area contributed by atoms with Crippen LogP contribution in [0.2, 0.25) is 0 Å². The van der Waals surface area contributed by atoms with Crippen LogP contribution < -0.4 is 52.0 Å². The predicted molar refractivity (Wildman–Crippen MR) is 147 cm³/mol. The van der Waals surface area contributed by atoms with E-state index in [1.165, 1.54) is 17.2 Å². The van der Waals surface area contributed by atoms with Gasteiger partial charge >= 0.3 is 0 Å². The quantitative estimate of drug-likeness (QED) is 0.0330. The second-order valence-electron chi connectivity index (χ2n) is 10.2. The fourth-order valence-electron chi connectivity index (χ4n) is 4.81. The Morgan fingerprint density at radius 3 is 2.34 bits per heavy atom. The van der Waals surface area contributed by atoms with Gasteiger partial charge in [-0.15, -0.1) is 0 Å². The predicted octanol–water partition coefficient (Wildman–Crippen LogP) is -1.48. The molecule has 0 aromatic heterocycles. The van der Waals surface area contributed by atoms with Gasteiger partial charge in [-0.05, 0) is 50.7 Å². The number of carbonyl (C=O) groups is 1. The summed E-state index contributed by atoms with van der Waals surface area (Å²) >= 11 is 0. The summed E-state index contributed by atoms with van der Waals surface area (Å²) in [7, 11) is 0. The molecule has 1 amide bonds. The van der Waals surface area contributed by atoms with Gasteiger partial charge < -0.3 is 22.9 Å². The van der Waals surface area contributed by atoms with Crippen molar-refractivity contribution < 1.29 is 14.5 Å². The minimum atomic E-state index is -1.73. The zero-order chi connectivity index (χ0) is 28.7. The second-order valence-corrected chi connectivity index (χ2v) is 10.2. The Balaban J connectivity index is 2.25. The van der Waals surface area contributed by atoms with E-state index in [0.29, 0.717) is 38.6 Å². The lowest BCUT2D eigenvalue weighted by Crippen LogP contribution is -2.80. The maximum absolute atomic E-state index is 11.9. The molecule has 18 N–H and O–H groups in total. The third-order valence-corrected chi connectivity index (χ3v) is 7.56. The first-order valence-electron chi connectivity index (χ1n) is 12.7. The second kappa shape index (κ2) is 12.7. The number of allylic oxidation sites excluding steroid dienone is 1. The van der Waals surface area contributed by atoms with Gasteiger partial charge in [-0.25, -0.2) is 17.6 Å². The Morgan fingerprint density at radius 1 is 1.11 bits per heavy atom. The molecular weight excluding hydrogens is 488 g/mol. The number of hydrogen-bond acceptors (Lipinski definition) is 12. The number of benzene rings is 1. The van der Waals surface area contributed by atoms with Crippen LogP contribution in [0.1, 0.15) is 51.0 Å². The van der Waals surface area contributed by atoms with E-state index < -0.39 is 28.2 Å². The van der Waals surface area contributed by atoms with Gasteiger partial charge in [0.1, 0.15) is 5.54 Å². The Bertz CT molecular complexity index is 977. The number of hydrazine groups is 1. The molecule has 0 saturated heterocycles. The van der Waals surface area contributed by atoms with Gasteiger partial charge in [0.25, 0.3) is 0 Å². The summed E-state index contributed by atoms with van der Waals surface area (Å²) in [5.41, 5.74) is 32.6. The molecule has 1 aliphatic carbocycles. The average molecular weight is 535 g/mol. The smallest absolute Gasteiger partial charge is 0.236 e. The van der Waals surface area contributed by atoms with Crippen molar-refractivity contribution in [2.75, 3.05) is 6.54 Å². The Hall–Kier alpha value is -2.27. The minimum Gasteiger partial charge on any atom is -0.320 e. The van der Waals surface area contributed by atoms with E-state index in [-0.39, 0.29) is 18.7 Å². The largest absolute Gasteiger partial charge is 0.320 e. The fraction of sp³-hybridized carbons (Fsp3) is 0.560. The van der Waals surface area contributed by atoms with E-state index in [9.17, 15) is 4.79 Å². The summed E-state index contributed by atoms with van der Waals surface area (Å²) < 4.78 is 0. The first-order valence-corrected chi connectivity index (χ1v) is 12.7. The maximum Gasteiger partial charge on any atom is 0.236 e. The molecule has 0 spiro atoms. The van der Waals surface area contributed by atoms with Crippen molar-refractivity contribution in [2.45, 2.75) is 80.1 Å². The third-order valence-electron chi connectivity index (χ3n) is 7.56. The van der Waals surface area contributed by atoms with Gasteiger partial charge in [-0.2, -0.15) is 0 Å². The average Bonchev–Trinajstić information content (AvgIpc) is 3.02. The molecule has 2 rings (SSSR count). The Morgan fingerprint density at radius 2 is 1.76 bits per heavy atom. The molecule has 13 nitrogen and oxygen atoms in total. The van der Waals surface area contributed by atoms with E-state index in [2.05, 4.69) is 0 Å². The number of amides is 1. The summed E-state index contributed by atoms with van der Waals surface area (Å²) in [6.07, 6.45) is 9.02. The molecule has 0 heterocycles. The lowest BCUT2D eigenvalue weighted by Gasteiger charge is -2.48. The highest BCUT2D eigenvalue weighted by atomic mass is 16.6. The summed E-state index contributed by atoms with van der Waals surface area (Å²) in [5.74, 6) is 16.6. The van der Waals surface area contributed by atoms with Crippen LogP contribution in [0, 0.1) is 0 Å². The Kier molecular flexibility index (Phi) is 10.7. The normalized spacial score (nSPS) is 28.7. The first-order chi connectivity index (χ1) is 17.7. The van der Waals surface area contributed by atoms with Gasteiger partial charge in [0.2, 0.25) is 5.91 Å². The fourth-order valence-corrected chi connectivity index (χ4v) is 4.81. The van der Waals surface area contributed by atoms with Gasteiger partial charge in [-0.3, -0.25) is 30.9 Å². The molecule has 4 atom stereocenters. The van der Waals surface area contributed by atoms with Gasteiger partial charge in [0.15, 0.2) is 11.4 Å². The van der Waals surface area contributed by atoms with Crippen LogP contribution in [0.5, 0.6) is 0 Å². The third kappa shape index (κ3) is 6.65. The van der Waals surface area contributed by atoms with Crippen molar-refractivity contribution in [3.63, 3.8) is 0 Å². The number of carbonyl (C=O) groups excluding carboxylic acids is 1. The van der Waals surface area contributed by atoms with E-state index in [0.717, 1.165) is 5.56 Å². The van der Waals surface area contributed by atoms with Gasteiger partial charge in [0.05, 0.1) is 11.2 Å². The number of aryl methyl sites for hydroxylation is 1. The van der Waals surface area contributed by atoms with Crippen molar-refractivity contribution in [3.05, 3.63) is 60.2 Å². The van der Waals surface area contributed by atoms with Gasteiger partial charge in [-0.1, -0.05) is 48.6 Å².